The van der Waals surface area contributed by atoms with Crippen molar-refractivity contribution in [3.63, 3.8) is 0 Å². The molecule has 0 atom stereocenters. The fourth-order valence-electron chi connectivity index (χ4n) is 0.722. The molecule has 0 rings (SSSR count). The third-order valence-corrected chi connectivity index (χ3v) is 2.71. The van der Waals surface area contributed by atoms with Gasteiger partial charge in [-0.15, -0.1) is 33.0 Å². The van der Waals surface area contributed by atoms with E-state index in [1.54, 1.807) is 0 Å². The number of hydrogen-bond donors (Lipinski definition) is 1. The predicted molar refractivity (Wildman–Crippen MR) is 116 cm³/mol. The third kappa shape index (κ3) is 171. The van der Waals surface area contributed by atoms with Crippen LogP contribution in [-0.4, -0.2) is 44.7 Å². The van der Waals surface area contributed by atoms with Gasteiger partial charge in [0.15, 0.2) is 0 Å². The molecular weight excluding hydrogens is 550 g/mol. The molecule has 1 N–H and O–H groups in total. The molecule has 0 aliphatic carbocycles. The van der Waals surface area contributed by atoms with Crippen molar-refractivity contribution in [1.82, 2.24) is 0 Å². The van der Waals surface area contributed by atoms with Gasteiger partial charge in [0.1, 0.15) is 0 Å². The normalized spacial score (nSPS) is 7.74. The fourth-order valence-corrected chi connectivity index (χ4v) is 0.722. The smallest absolute Gasteiger partial charge is 0.854 e. The summed E-state index contributed by atoms with van der Waals surface area (Å²) in [7, 11) is 0. The van der Waals surface area contributed by atoms with Crippen molar-refractivity contribution < 1.29 is 96.1 Å². The molecule has 0 fully saturated rings. The van der Waals surface area contributed by atoms with E-state index in [1.165, 1.54) is 0 Å². The van der Waals surface area contributed by atoms with E-state index in [1.807, 2.05) is 41.5 Å². The molecule has 0 aromatic heterocycles. The first-order valence-corrected chi connectivity index (χ1v) is 11.5. The van der Waals surface area contributed by atoms with Crippen LogP contribution in [0.5, 0.6) is 0 Å². The van der Waals surface area contributed by atoms with Crippen molar-refractivity contribution in [2.45, 2.75) is 112 Å². The minimum atomic E-state index is 0. The minimum absolute atomic E-state index is 0. The van der Waals surface area contributed by atoms with Crippen molar-refractivity contribution in [2.24, 2.45) is 0 Å². The van der Waals surface area contributed by atoms with Crippen LogP contribution in [0.3, 0.4) is 0 Å². The van der Waals surface area contributed by atoms with Crippen molar-refractivity contribution in [1.29, 1.82) is 0 Å². The van der Waals surface area contributed by atoms with Crippen LogP contribution >= 0.6 is 0 Å². The average molecular weight is 603 g/mol. The number of aliphatic hydroxyl groups is 1. The van der Waals surface area contributed by atoms with E-state index in [4.69, 9.17) is 5.11 Å². The van der Waals surface area contributed by atoms with Gasteiger partial charge in [-0.2, -0.15) is 0 Å². The van der Waals surface area contributed by atoms with Crippen molar-refractivity contribution in [3.8, 4) is 0 Å². The van der Waals surface area contributed by atoms with Crippen molar-refractivity contribution >= 4 is 0 Å². The van der Waals surface area contributed by atoms with Crippen LogP contribution in [-0.2, 0) is 65.4 Å². The summed E-state index contributed by atoms with van der Waals surface area (Å²) < 4.78 is 0. The summed E-state index contributed by atoms with van der Waals surface area (Å²) in [6.07, 6.45) is 10.2. The zero-order valence-corrected chi connectivity index (χ0v) is 27.3. The van der Waals surface area contributed by atoms with E-state index in [0.717, 1.165) is 70.6 Å². The molecule has 0 aliphatic heterocycles. The van der Waals surface area contributed by atoms with Crippen molar-refractivity contribution in [2.75, 3.05) is 39.6 Å². The maximum Gasteiger partial charge on any atom is 3.00 e. The van der Waals surface area contributed by atoms with Gasteiger partial charge in [-0.1, -0.05) is 106 Å². The summed E-state index contributed by atoms with van der Waals surface area (Å²) in [5, 5.41) is 55.5. The Kier molecular flexibility index (Phi) is 149. The summed E-state index contributed by atoms with van der Waals surface area (Å²) in [5.41, 5.74) is 0. The van der Waals surface area contributed by atoms with E-state index in [9.17, 15) is 25.5 Å². The second kappa shape index (κ2) is 85.2. The van der Waals surface area contributed by atoms with Gasteiger partial charge in [-0.3, -0.25) is 0 Å². The van der Waals surface area contributed by atoms with Crippen LogP contribution in [0.25, 0.3) is 0 Å². The fraction of sp³-hybridized carbons (Fsp3) is 1.00. The summed E-state index contributed by atoms with van der Waals surface area (Å²) in [4.78, 5) is 0. The topological polar surface area (TPSA) is 136 Å². The molecule has 31 heavy (non-hydrogen) atoms. The van der Waals surface area contributed by atoms with Gasteiger partial charge in [0.05, 0.1) is 0 Å². The van der Waals surface area contributed by atoms with Crippen LogP contribution < -0.4 is 25.5 Å². The maximum atomic E-state index is 9.53. The zero-order chi connectivity index (χ0) is 24.0. The average Bonchev–Trinajstić information content (AvgIpc) is 2.73. The Balaban J connectivity index is -0.0000000337. The molecule has 0 aromatic carbocycles. The summed E-state index contributed by atoms with van der Waals surface area (Å²) in [6, 6.07) is 0. The number of hydrogen-bond acceptors (Lipinski definition) is 6. The molecule has 0 spiro atoms. The van der Waals surface area contributed by atoms with Gasteiger partial charge in [0, 0.05) is 39.3 Å². The van der Waals surface area contributed by atoms with E-state index in [-0.39, 0.29) is 98.5 Å². The Morgan fingerprint density at radius 3 is 0.548 bits per heavy atom. The molecule has 0 bridgehead atoms. The van der Waals surface area contributed by atoms with Gasteiger partial charge in [-0.05, 0) is 6.42 Å². The molecule has 0 saturated carbocycles. The quantitative estimate of drug-likeness (QED) is 0.376. The monoisotopic (exact) mass is 603 g/mol. The Labute approximate surface area is 245 Å². The molecule has 0 saturated heterocycles. The summed E-state index contributed by atoms with van der Waals surface area (Å²) >= 11 is 0. The first-order chi connectivity index (χ1) is 14.0. The van der Waals surface area contributed by atoms with Gasteiger partial charge >= 0.3 is 32.7 Å². The van der Waals surface area contributed by atoms with Crippen LogP contribution in [0.4, 0.5) is 0 Å². The number of unbranched alkanes of at least 4 members (excludes halogenated alkanes) is 5. The van der Waals surface area contributed by atoms with Crippen LogP contribution in [0, 0.1) is 0 Å². The standard InChI is InChI=1S/5C4H9O.C3H8O.2Y/c5*1-2-3-4-5;1-2-3-4;;/h5*2-4H2,1H3;4H,2-3H2,1H3;;/q5*-1;;;+3. The van der Waals surface area contributed by atoms with Gasteiger partial charge < -0.3 is 30.6 Å². The first kappa shape index (κ1) is 54.0. The summed E-state index contributed by atoms with van der Waals surface area (Å²) in [5.74, 6) is 0. The van der Waals surface area contributed by atoms with E-state index in [0.29, 0.717) is 6.61 Å². The minimum Gasteiger partial charge on any atom is -0.854 e. The largest absolute Gasteiger partial charge is 3.00 e. The molecule has 0 unspecified atom stereocenters. The molecular formula is C23H53O6Y2-2. The Hall–Kier alpha value is 1.97. The molecule has 0 amide bonds. The second-order valence-corrected chi connectivity index (χ2v) is 6.01. The van der Waals surface area contributed by atoms with Crippen LogP contribution in [0.1, 0.15) is 112 Å². The van der Waals surface area contributed by atoms with E-state index in [2.05, 4.69) is 0 Å². The second-order valence-electron chi connectivity index (χ2n) is 6.01. The van der Waals surface area contributed by atoms with Crippen molar-refractivity contribution in [3.05, 3.63) is 0 Å². The Morgan fingerprint density at radius 2 is 0.548 bits per heavy atom. The summed E-state index contributed by atoms with van der Waals surface area (Å²) in [6.45, 7) is 12.8. The number of rotatable bonds is 11. The molecule has 6 nitrogen and oxygen atoms in total. The first-order valence-electron chi connectivity index (χ1n) is 11.5. The molecule has 8 heteroatoms. The van der Waals surface area contributed by atoms with Gasteiger partial charge in [0.2, 0.25) is 0 Å². The third-order valence-electron chi connectivity index (χ3n) is 2.71. The molecule has 189 valence electrons. The molecule has 0 aliphatic rings. The van der Waals surface area contributed by atoms with E-state index >= 15 is 0 Å². The SMILES string of the molecule is CCCC[O-].CCCC[O-].CCCC[O-].CCCC[O-].CCCC[O-].CCCO.[Y+3].[Y]. The van der Waals surface area contributed by atoms with Gasteiger partial charge in [-0.25, -0.2) is 0 Å². The number of aliphatic hydroxyl groups excluding tert-OH is 1. The predicted octanol–water partition coefficient (Wildman–Crippen LogP) is 1.12. The van der Waals surface area contributed by atoms with Crippen LogP contribution in [0.2, 0.25) is 0 Å². The Morgan fingerprint density at radius 1 is 0.419 bits per heavy atom. The molecule has 1 radical (unpaired) electrons. The zero-order valence-electron chi connectivity index (χ0n) is 21.7. The van der Waals surface area contributed by atoms with Gasteiger partial charge in [0.25, 0.3) is 0 Å². The van der Waals surface area contributed by atoms with E-state index < -0.39 is 0 Å². The Bertz CT molecular complexity index is 124. The molecule has 0 aromatic rings. The van der Waals surface area contributed by atoms with Crippen LogP contribution in [0.15, 0.2) is 0 Å². The maximum absolute atomic E-state index is 9.53. The molecule has 0 heterocycles.